The van der Waals surface area contributed by atoms with Crippen molar-refractivity contribution in [2.75, 3.05) is 0 Å². The number of fused-ring (bicyclic) bond motifs is 1. The van der Waals surface area contributed by atoms with Gasteiger partial charge in [-0.15, -0.1) is 10.2 Å². The van der Waals surface area contributed by atoms with Crippen LogP contribution in [0.3, 0.4) is 0 Å². The predicted octanol–water partition coefficient (Wildman–Crippen LogP) is 2.47. The minimum Gasteiger partial charge on any atom is -0.306 e. The lowest BCUT2D eigenvalue weighted by atomic mass is 10.3. The monoisotopic (exact) mass is 315 g/mol. The van der Waals surface area contributed by atoms with Crippen LogP contribution in [-0.4, -0.2) is 24.1 Å². The van der Waals surface area contributed by atoms with Crippen molar-refractivity contribution in [3.8, 4) is 0 Å². The van der Waals surface area contributed by atoms with E-state index in [-0.39, 0.29) is 5.56 Å². The van der Waals surface area contributed by atoms with Crippen LogP contribution in [0, 0.1) is 6.92 Å². The maximum Gasteiger partial charge on any atom is 0.258 e. The summed E-state index contributed by atoms with van der Waals surface area (Å²) in [6.45, 7) is 6.11. The van der Waals surface area contributed by atoms with Crippen molar-refractivity contribution in [1.82, 2.24) is 24.1 Å². The summed E-state index contributed by atoms with van der Waals surface area (Å²) in [4.78, 5) is 16.8. The van der Waals surface area contributed by atoms with E-state index in [1.165, 1.54) is 11.8 Å². The molecule has 3 aromatic heterocycles. The van der Waals surface area contributed by atoms with Crippen LogP contribution in [0.1, 0.15) is 31.1 Å². The summed E-state index contributed by atoms with van der Waals surface area (Å²) in [7, 11) is 0. The highest BCUT2D eigenvalue weighted by Gasteiger charge is 2.10. The molecule has 0 aliphatic rings. The van der Waals surface area contributed by atoms with E-state index in [2.05, 4.69) is 29.0 Å². The Morgan fingerprint density at radius 1 is 1.36 bits per heavy atom. The molecule has 114 valence electrons. The van der Waals surface area contributed by atoms with Crippen LogP contribution in [0.4, 0.5) is 0 Å². The van der Waals surface area contributed by atoms with E-state index in [1.807, 2.05) is 23.6 Å². The first-order chi connectivity index (χ1) is 10.6. The predicted molar refractivity (Wildman–Crippen MR) is 86.2 cm³/mol. The van der Waals surface area contributed by atoms with E-state index in [1.54, 1.807) is 23.0 Å². The average molecular weight is 315 g/mol. The maximum atomic E-state index is 12.2. The Balaban J connectivity index is 1.90. The molecule has 0 amide bonds. The summed E-state index contributed by atoms with van der Waals surface area (Å²) in [5, 5.41) is 8.90. The first-order valence-corrected chi connectivity index (χ1v) is 8.05. The Morgan fingerprint density at radius 2 is 2.18 bits per heavy atom. The molecule has 0 fully saturated rings. The second-order valence-electron chi connectivity index (χ2n) is 5.37. The highest BCUT2D eigenvalue weighted by Crippen LogP contribution is 2.22. The molecule has 7 heteroatoms. The zero-order valence-electron chi connectivity index (χ0n) is 12.7. The Bertz CT molecular complexity index is 868. The molecule has 6 nitrogen and oxygen atoms in total. The van der Waals surface area contributed by atoms with Gasteiger partial charge in [0.2, 0.25) is 0 Å². The number of aryl methyl sites for hydroxylation is 1. The van der Waals surface area contributed by atoms with Crippen molar-refractivity contribution < 1.29 is 0 Å². The van der Waals surface area contributed by atoms with Gasteiger partial charge >= 0.3 is 0 Å². The van der Waals surface area contributed by atoms with Crippen LogP contribution < -0.4 is 5.56 Å². The van der Waals surface area contributed by atoms with Crippen molar-refractivity contribution in [2.24, 2.45) is 0 Å². The molecule has 0 saturated heterocycles. The lowest BCUT2D eigenvalue weighted by Gasteiger charge is -2.09. The van der Waals surface area contributed by atoms with E-state index >= 15 is 0 Å². The normalized spacial score (nSPS) is 11.5. The number of pyridine rings is 1. The quantitative estimate of drug-likeness (QED) is 0.692. The Labute approximate surface area is 132 Å². The molecule has 0 aromatic carbocycles. The first-order valence-electron chi connectivity index (χ1n) is 7.06. The van der Waals surface area contributed by atoms with Gasteiger partial charge in [0.05, 0.1) is 5.69 Å². The van der Waals surface area contributed by atoms with Gasteiger partial charge in [-0.3, -0.25) is 9.20 Å². The number of hydrogen-bond acceptors (Lipinski definition) is 5. The van der Waals surface area contributed by atoms with Gasteiger partial charge in [-0.1, -0.05) is 17.8 Å². The lowest BCUT2D eigenvalue weighted by molar-refractivity contribution is 0.549. The average Bonchev–Trinajstić information content (AvgIpc) is 2.95. The molecule has 3 aromatic rings. The van der Waals surface area contributed by atoms with Gasteiger partial charge in [-0.25, -0.2) is 4.98 Å². The minimum atomic E-state index is -0.0605. The molecular weight excluding hydrogens is 298 g/mol. The van der Waals surface area contributed by atoms with Crippen LogP contribution in [-0.2, 0) is 5.75 Å². The summed E-state index contributed by atoms with van der Waals surface area (Å²) < 4.78 is 3.57. The molecule has 0 aliphatic carbocycles. The molecule has 3 heterocycles. The number of aromatic nitrogens is 5. The van der Waals surface area contributed by atoms with Crippen molar-refractivity contribution in [3.63, 3.8) is 0 Å². The smallest absolute Gasteiger partial charge is 0.258 e. The van der Waals surface area contributed by atoms with Crippen LogP contribution in [0.2, 0.25) is 0 Å². The van der Waals surface area contributed by atoms with E-state index in [4.69, 9.17) is 0 Å². The molecule has 0 atom stereocenters. The molecule has 3 rings (SSSR count). The van der Waals surface area contributed by atoms with Gasteiger partial charge in [0, 0.05) is 24.1 Å². The molecule has 0 bridgehead atoms. The molecular formula is C15H17N5OS. The van der Waals surface area contributed by atoms with Crippen LogP contribution in [0.15, 0.2) is 40.7 Å². The van der Waals surface area contributed by atoms with Crippen LogP contribution >= 0.6 is 11.8 Å². The Morgan fingerprint density at radius 3 is 2.95 bits per heavy atom. The summed E-state index contributed by atoms with van der Waals surface area (Å²) >= 11 is 1.54. The van der Waals surface area contributed by atoms with E-state index < -0.39 is 0 Å². The van der Waals surface area contributed by atoms with E-state index in [9.17, 15) is 4.79 Å². The maximum absolute atomic E-state index is 12.2. The molecule has 0 saturated carbocycles. The van der Waals surface area contributed by atoms with Gasteiger partial charge < -0.3 is 4.57 Å². The van der Waals surface area contributed by atoms with Crippen molar-refractivity contribution >= 4 is 17.4 Å². The fourth-order valence-electron chi connectivity index (χ4n) is 2.21. The molecule has 0 radical (unpaired) electrons. The zero-order chi connectivity index (χ0) is 15.7. The van der Waals surface area contributed by atoms with Gasteiger partial charge in [0.15, 0.2) is 5.16 Å². The van der Waals surface area contributed by atoms with Gasteiger partial charge in [-0.2, -0.15) is 0 Å². The minimum absolute atomic E-state index is 0.0605. The van der Waals surface area contributed by atoms with Crippen molar-refractivity contribution in [1.29, 1.82) is 0 Å². The van der Waals surface area contributed by atoms with Crippen LogP contribution in [0.25, 0.3) is 5.65 Å². The zero-order valence-corrected chi connectivity index (χ0v) is 13.5. The van der Waals surface area contributed by atoms with Crippen molar-refractivity contribution in [3.05, 3.63) is 52.3 Å². The Kier molecular flexibility index (Phi) is 3.98. The lowest BCUT2D eigenvalue weighted by Crippen LogP contribution is -2.15. The van der Waals surface area contributed by atoms with E-state index in [0.29, 0.717) is 17.4 Å². The molecule has 22 heavy (non-hydrogen) atoms. The second-order valence-corrected chi connectivity index (χ2v) is 6.32. The third kappa shape index (κ3) is 2.76. The highest BCUT2D eigenvalue weighted by atomic mass is 32.2. The highest BCUT2D eigenvalue weighted by molar-refractivity contribution is 7.98. The fourth-order valence-corrected chi connectivity index (χ4v) is 3.15. The fraction of sp³-hybridized carbons (Fsp3) is 0.333. The molecule has 0 spiro atoms. The van der Waals surface area contributed by atoms with Crippen LogP contribution in [0.5, 0.6) is 0 Å². The first kappa shape index (κ1) is 14.8. The van der Waals surface area contributed by atoms with E-state index in [0.717, 1.165) is 16.4 Å². The third-order valence-corrected chi connectivity index (χ3v) is 4.38. The van der Waals surface area contributed by atoms with Crippen molar-refractivity contribution in [2.45, 2.75) is 37.7 Å². The molecule has 0 N–H and O–H groups in total. The summed E-state index contributed by atoms with van der Waals surface area (Å²) in [6.07, 6.45) is 3.46. The summed E-state index contributed by atoms with van der Waals surface area (Å²) in [5.74, 6) is 0.589. The summed E-state index contributed by atoms with van der Waals surface area (Å²) in [5.41, 5.74) is 2.38. The SMILES string of the molecule is Cc1cccn2c(=O)cc(CSc3nncn3C(C)C)nc12. The Hall–Kier alpha value is -2.15. The largest absolute Gasteiger partial charge is 0.306 e. The molecule has 0 aliphatic heterocycles. The molecule has 0 unspecified atom stereocenters. The van der Waals surface area contributed by atoms with Gasteiger partial charge in [0.1, 0.15) is 12.0 Å². The number of thioether (sulfide) groups is 1. The summed E-state index contributed by atoms with van der Waals surface area (Å²) in [6, 6.07) is 5.68. The van der Waals surface area contributed by atoms with Gasteiger partial charge in [0.25, 0.3) is 5.56 Å². The third-order valence-electron chi connectivity index (χ3n) is 3.38. The standard InChI is InChI=1S/C15H17N5OS/c1-10(2)20-9-16-18-15(20)22-8-12-7-13(21)19-6-4-5-11(3)14(19)17-12/h4-7,9-10H,8H2,1-3H3. The number of nitrogens with zero attached hydrogens (tertiary/aromatic N) is 5. The number of hydrogen-bond donors (Lipinski definition) is 0. The topological polar surface area (TPSA) is 65.1 Å². The van der Waals surface area contributed by atoms with Gasteiger partial charge in [-0.05, 0) is 32.4 Å². The number of rotatable bonds is 4. The second kappa shape index (κ2) is 5.92.